The minimum Gasteiger partial charge on any atom is -0.497 e. The molecule has 2 atom stereocenters. The van der Waals surface area contributed by atoms with Crippen molar-refractivity contribution in [2.75, 3.05) is 12.4 Å². The van der Waals surface area contributed by atoms with E-state index in [0.717, 1.165) is 16.0 Å². The van der Waals surface area contributed by atoms with Crippen LogP contribution in [0.25, 0.3) is 0 Å². The molecule has 0 heterocycles. The van der Waals surface area contributed by atoms with Gasteiger partial charge < -0.3 is 25.8 Å². The molecule has 0 aliphatic carbocycles. The van der Waals surface area contributed by atoms with Gasteiger partial charge in [0.25, 0.3) is 11.8 Å². The molecule has 2 rings (SSSR count). The number of hydrogen-bond acceptors (Lipinski definition) is 6. The van der Waals surface area contributed by atoms with Crippen molar-refractivity contribution in [1.82, 2.24) is 10.2 Å². The van der Waals surface area contributed by atoms with Crippen molar-refractivity contribution in [2.24, 2.45) is 5.73 Å². The number of carbonyl (C=O) groups is 4. The third-order valence-electron chi connectivity index (χ3n) is 5.48. The highest BCUT2D eigenvalue weighted by molar-refractivity contribution is 6.00. The Bertz CT molecular complexity index is 1230. The monoisotopic (exact) mass is 522 g/mol. The van der Waals surface area contributed by atoms with Crippen LogP contribution in [0.4, 0.5) is 10.5 Å². The van der Waals surface area contributed by atoms with Gasteiger partial charge >= 0.3 is 6.09 Å². The van der Waals surface area contributed by atoms with E-state index in [1.54, 1.807) is 63.2 Å². The van der Waals surface area contributed by atoms with Gasteiger partial charge in [0.2, 0.25) is 5.91 Å². The Balaban J connectivity index is 2.49. The number of benzene rings is 2. The maximum absolute atomic E-state index is 13.6. The predicted octanol–water partition coefficient (Wildman–Crippen LogP) is 3.18. The number of carbonyl (C=O) groups excluding carboxylic acids is 4. The van der Waals surface area contributed by atoms with Crippen molar-refractivity contribution in [3.63, 3.8) is 0 Å². The molecule has 2 aromatic carbocycles. The molecule has 0 aromatic heterocycles. The van der Waals surface area contributed by atoms with Crippen LogP contribution < -0.4 is 21.1 Å². The predicted molar refractivity (Wildman–Crippen MR) is 143 cm³/mol. The second kappa shape index (κ2) is 12.6. The molecular weight excluding hydrogens is 488 g/mol. The highest BCUT2D eigenvalue weighted by atomic mass is 16.6. The summed E-state index contributed by atoms with van der Waals surface area (Å²) in [7, 11) is 1.52. The lowest BCUT2D eigenvalue weighted by atomic mass is 9.98. The summed E-state index contributed by atoms with van der Waals surface area (Å²) in [5.74, 6) is -1.76. The summed E-state index contributed by atoms with van der Waals surface area (Å²) in [4.78, 5) is 52.2. The maximum Gasteiger partial charge on any atom is 0.408 e. The molecule has 0 saturated carbocycles. The third kappa shape index (κ3) is 8.27. The molecule has 0 aliphatic heterocycles. The lowest BCUT2D eigenvalue weighted by Crippen LogP contribution is -2.52. The molecule has 0 saturated heterocycles. The van der Waals surface area contributed by atoms with Gasteiger partial charge in [0, 0.05) is 11.7 Å². The molecule has 2 unspecified atom stereocenters. The molecule has 0 bridgehead atoms. The first-order valence-corrected chi connectivity index (χ1v) is 11.8. The fourth-order valence-electron chi connectivity index (χ4n) is 3.52. The van der Waals surface area contributed by atoms with Crippen LogP contribution in [0, 0.1) is 26.3 Å². The van der Waals surface area contributed by atoms with Crippen molar-refractivity contribution >= 4 is 29.5 Å². The van der Waals surface area contributed by atoms with Crippen LogP contribution in [-0.4, -0.2) is 47.5 Å². The average molecular weight is 523 g/mol. The number of nitrogens with zero attached hydrogens (tertiary/aromatic N) is 1. The summed E-state index contributed by atoms with van der Waals surface area (Å²) in [5, 5.41) is 5.11. The van der Waals surface area contributed by atoms with Gasteiger partial charge in [-0.3, -0.25) is 19.3 Å². The largest absolute Gasteiger partial charge is 0.497 e. The van der Waals surface area contributed by atoms with Gasteiger partial charge in [-0.25, -0.2) is 4.79 Å². The van der Waals surface area contributed by atoms with Crippen molar-refractivity contribution in [3.8, 4) is 18.2 Å². The summed E-state index contributed by atoms with van der Waals surface area (Å²) in [6, 6.07) is 11.3. The molecule has 0 fully saturated rings. The molecular formula is C28H34N4O6. The van der Waals surface area contributed by atoms with E-state index in [-0.39, 0.29) is 0 Å². The van der Waals surface area contributed by atoms with E-state index in [4.69, 9.17) is 21.6 Å². The van der Waals surface area contributed by atoms with E-state index in [2.05, 4.69) is 16.7 Å². The maximum atomic E-state index is 13.6. The van der Waals surface area contributed by atoms with Gasteiger partial charge in [-0.2, -0.15) is 0 Å². The Hall–Kier alpha value is -4.52. The normalized spacial score (nSPS) is 12.3. The number of hydrogen-bond donors (Lipinski definition) is 3. The SMILES string of the molecule is C#CN(C(=O)C(CC(N)=O)NC(=O)OC(C)(C)C)C(C(=O)Nc1ccc(OC)cc1)c1ccc(C)c(C)c1. The average Bonchev–Trinajstić information content (AvgIpc) is 2.82. The summed E-state index contributed by atoms with van der Waals surface area (Å²) < 4.78 is 10.4. The standard InChI is InChI=1S/C28H34N4O6/c1-8-32(26(35)22(16-23(29)33)31-27(36)38-28(4,5)6)24(19-10-9-17(2)18(3)15-19)25(34)30-20-11-13-21(37-7)14-12-20/h1,9-15,22,24H,16H2,2-7H3,(H2,29,33)(H,30,34)(H,31,36). The zero-order valence-electron chi connectivity index (χ0n) is 22.5. The lowest BCUT2D eigenvalue weighted by molar-refractivity contribution is -0.138. The van der Waals surface area contributed by atoms with E-state index < -0.39 is 47.9 Å². The molecule has 0 spiro atoms. The van der Waals surface area contributed by atoms with Crippen LogP contribution in [0.2, 0.25) is 0 Å². The van der Waals surface area contributed by atoms with Crippen LogP contribution in [0.3, 0.4) is 0 Å². The number of nitrogens with two attached hydrogens (primary N) is 1. The van der Waals surface area contributed by atoms with Crippen LogP contribution >= 0.6 is 0 Å². The zero-order valence-corrected chi connectivity index (χ0v) is 22.5. The molecule has 10 nitrogen and oxygen atoms in total. The Morgan fingerprint density at radius 1 is 1.05 bits per heavy atom. The highest BCUT2D eigenvalue weighted by Gasteiger charge is 2.36. The molecule has 10 heteroatoms. The number of terminal acetylenes is 1. The van der Waals surface area contributed by atoms with Crippen LogP contribution in [0.5, 0.6) is 5.75 Å². The summed E-state index contributed by atoms with van der Waals surface area (Å²) in [5.41, 5.74) is 7.19. The number of primary amides is 1. The molecule has 202 valence electrons. The number of aryl methyl sites for hydroxylation is 2. The second-order valence-corrected chi connectivity index (χ2v) is 9.67. The van der Waals surface area contributed by atoms with Crippen molar-refractivity contribution in [3.05, 3.63) is 59.2 Å². The molecule has 0 aliphatic rings. The quantitative estimate of drug-likeness (QED) is 0.341. The van der Waals surface area contributed by atoms with Crippen LogP contribution in [-0.2, 0) is 19.1 Å². The van der Waals surface area contributed by atoms with Crippen molar-refractivity contribution in [2.45, 2.75) is 58.7 Å². The Kier molecular flexibility index (Phi) is 9.88. The first-order valence-electron chi connectivity index (χ1n) is 11.8. The van der Waals surface area contributed by atoms with E-state index in [9.17, 15) is 19.2 Å². The molecule has 38 heavy (non-hydrogen) atoms. The molecule has 4 N–H and O–H groups in total. The minimum absolute atomic E-state index is 0.431. The highest BCUT2D eigenvalue weighted by Crippen LogP contribution is 2.26. The Labute approximate surface area is 222 Å². The summed E-state index contributed by atoms with van der Waals surface area (Å²) in [6.07, 6.45) is 4.24. The topological polar surface area (TPSA) is 140 Å². The van der Waals surface area contributed by atoms with Crippen molar-refractivity contribution < 1.29 is 28.7 Å². The first kappa shape index (κ1) is 29.7. The van der Waals surface area contributed by atoms with Gasteiger partial charge in [-0.1, -0.05) is 24.6 Å². The van der Waals surface area contributed by atoms with E-state index in [1.807, 2.05) is 13.8 Å². The second-order valence-electron chi connectivity index (χ2n) is 9.67. The van der Waals surface area contributed by atoms with Crippen LogP contribution in [0.1, 0.15) is 49.9 Å². The minimum atomic E-state index is -1.47. The van der Waals surface area contributed by atoms with Crippen LogP contribution in [0.15, 0.2) is 42.5 Å². The fraction of sp³-hybridized carbons (Fsp3) is 0.357. The number of rotatable bonds is 9. The Morgan fingerprint density at radius 3 is 2.18 bits per heavy atom. The summed E-state index contributed by atoms with van der Waals surface area (Å²) >= 11 is 0. The molecule has 4 amide bonds. The fourth-order valence-corrected chi connectivity index (χ4v) is 3.52. The van der Waals surface area contributed by atoms with Gasteiger partial charge in [0.05, 0.1) is 13.5 Å². The smallest absolute Gasteiger partial charge is 0.408 e. The van der Waals surface area contributed by atoms with Gasteiger partial charge in [-0.05, 0) is 75.6 Å². The summed E-state index contributed by atoms with van der Waals surface area (Å²) in [6.45, 7) is 8.70. The third-order valence-corrected chi connectivity index (χ3v) is 5.48. The number of ether oxygens (including phenoxy) is 2. The molecule has 0 radical (unpaired) electrons. The van der Waals surface area contributed by atoms with Gasteiger partial charge in [0.1, 0.15) is 23.4 Å². The van der Waals surface area contributed by atoms with Crippen molar-refractivity contribution in [1.29, 1.82) is 0 Å². The van der Waals surface area contributed by atoms with E-state index in [0.29, 0.717) is 17.0 Å². The van der Waals surface area contributed by atoms with E-state index in [1.165, 1.54) is 7.11 Å². The number of alkyl carbamates (subject to hydrolysis) is 1. The Morgan fingerprint density at radius 2 is 1.68 bits per heavy atom. The van der Waals surface area contributed by atoms with Gasteiger partial charge in [-0.15, -0.1) is 0 Å². The van der Waals surface area contributed by atoms with E-state index >= 15 is 0 Å². The number of nitrogens with one attached hydrogen (secondary N) is 2. The number of anilines is 1. The lowest BCUT2D eigenvalue weighted by Gasteiger charge is -2.30. The first-order chi connectivity index (χ1) is 17.7. The molecule has 2 aromatic rings. The zero-order chi connectivity index (χ0) is 28.6. The number of amides is 4. The number of methoxy groups -OCH3 is 1. The van der Waals surface area contributed by atoms with Gasteiger partial charge in [0.15, 0.2) is 0 Å².